The van der Waals surface area contributed by atoms with Crippen molar-refractivity contribution in [3.63, 3.8) is 0 Å². The molecule has 1 N–H and O–H groups in total. The molecule has 136 valence electrons. The van der Waals surface area contributed by atoms with E-state index in [1.165, 1.54) is 12.8 Å². The normalized spacial score (nSPS) is 22.6. The summed E-state index contributed by atoms with van der Waals surface area (Å²) in [5, 5.41) is 2.99. The number of hydrogen-bond acceptors (Lipinski definition) is 3. The van der Waals surface area contributed by atoms with E-state index in [0.29, 0.717) is 36.9 Å². The predicted octanol–water partition coefficient (Wildman–Crippen LogP) is 3.31. The summed E-state index contributed by atoms with van der Waals surface area (Å²) >= 11 is 0. The Morgan fingerprint density at radius 1 is 1.28 bits per heavy atom. The van der Waals surface area contributed by atoms with Gasteiger partial charge >= 0.3 is 0 Å². The van der Waals surface area contributed by atoms with Crippen LogP contribution >= 0.6 is 0 Å². The molecular formula is C20H28N2O3. The Morgan fingerprint density at radius 2 is 2.04 bits per heavy atom. The highest BCUT2D eigenvalue weighted by Crippen LogP contribution is 2.31. The van der Waals surface area contributed by atoms with Crippen molar-refractivity contribution in [1.29, 1.82) is 0 Å². The van der Waals surface area contributed by atoms with Gasteiger partial charge in [0.1, 0.15) is 0 Å². The van der Waals surface area contributed by atoms with Gasteiger partial charge in [0.05, 0.1) is 19.3 Å². The molecule has 5 nitrogen and oxygen atoms in total. The molecule has 1 aliphatic carbocycles. The minimum absolute atomic E-state index is 0.00394. The van der Waals surface area contributed by atoms with Crippen molar-refractivity contribution < 1.29 is 14.3 Å². The SMILES string of the molecule is CC(C(=O)Nc1cccc(C(=O)N2CCOCC2C)c1)C1CCCC1. The van der Waals surface area contributed by atoms with E-state index >= 15 is 0 Å². The fourth-order valence-electron chi connectivity index (χ4n) is 3.85. The van der Waals surface area contributed by atoms with Gasteiger partial charge in [0.25, 0.3) is 5.91 Å². The predicted molar refractivity (Wildman–Crippen MR) is 97.5 cm³/mol. The van der Waals surface area contributed by atoms with Crippen LogP contribution in [0.5, 0.6) is 0 Å². The number of morpholine rings is 1. The maximum Gasteiger partial charge on any atom is 0.254 e. The van der Waals surface area contributed by atoms with E-state index < -0.39 is 0 Å². The van der Waals surface area contributed by atoms with Gasteiger partial charge in [-0.05, 0) is 43.9 Å². The van der Waals surface area contributed by atoms with Crippen molar-refractivity contribution in [2.24, 2.45) is 11.8 Å². The molecule has 1 aliphatic heterocycles. The number of amides is 2. The second kappa shape index (κ2) is 8.00. The van der Waals surface area contributed by atoms with Gasteiger partial charge in [-0.15, -0.1) is 0 Å². The molecule has 1 saturated carbocycles. The van der Waals surface area contributed by atoms with Crippen molar-refractivity contribution in [3.8, 4) is 0 Å². The van der Waals surface area contributed by atoms with Gasteiger partial charge < -0.3 is 15.0 Å². The number of nitrogens with one attached hydrogen (secondary N) is 1. The topological polar surface area (TPSA) is 58.6 Å². The third-order valence-corrected chi connectivity index (χ3v) is 5.53. The largest absolute Gasteiger partial charge is 0.377 e. The van der Waals surface area contributed by atoms with Gasteiger partial charge in [-0.2, -0.15) is 0 Å². The molecule has 3 rings (SSSR count). The number of nitrogens with zero attached hydrogens (tertiary/aromatic N) is 1. The summed E-state index contributed by atoms with van der Waals surface area (Å²) in [4.78, 5) is 27.1. The molecule has 25 heavy (non-hydrogen) atoms. The van der Waals surface area contributed by atoms with Crippen LogP contribution in [0.2, 0.25) is 0 Å². The summed E-state index contributed by atoms with van der Waals surface area (Å²) < 4.78 is 5.40. The van der Waals surface area contributed by atoms with E-state index in [2.05, 4.69) is 5.32 Å². The van der Waals surface area contributed by atoms with Gasteiger partial charge in [0.15, 0.2) is 0 Å². The van der Waals surface area contributed by atoms with Crippen molar-refractivity contribution in [2.45, 2.75) is 45.6 Å². The van der Waals surface area contributed by atoms with Gasteiger partial charge in [-0.1, -0.05) is 25.8 Å². The molecule has 2 fully saturated rings. The van der Waals surface area contributed by atoms with E-state index in [4.69, 9.17) is 4.74 Å². The summed E-state index contributed by atoms with van der Waals surface area (Å²) in [7, 11) is 0. The van der Waals surface area contributed by atoms with E-state index in [1.807, 2.05) is 30.9 Å². The first kappa shape index (κ1) is 17.9. The number of ether oxygens (including phenoxy) is 1. The van der Waals surface area contributed by atoms with Gasteiger partial charge in [0.2, 0.25) is 5.91 Å². The second-order valence-corrected chi connectivity index (χ2v) is 7.33. The lowest BCUT2D eigenvalue weighted by atomic mass is 9.92. The lowest BCUT2D eigenvalue weighted by molar-refractivity contribution is -0.120. The standard InChI is InChI=1S/C20H28N2O3/c1-14-13-25-11-10-22(14)20(24)17-8-5-9-18(12-17)21-19(23)15(2)16-6-3-4-7-16/h5,8-9,12,14-16H,3-4,6-7,10-11,13H2,1-2H3,(H,21,23). The van der Waals surface area contributed by atoms with E-state index in [1.54, 1.807) is 12.1 Å². The molecule has 0 spiro atoms. The number of benzene rings is 1. The van der Waals surface area contributed by atoms with Crippen LogP contribution in [0.15, 0.2) is 24.3 Å². The Morgan fingerprint density at radius 3 is 2.76 bits per heavy atom. The summed E-state index contributed by atoms with van der Waals surface area (Å²) in [6.07, 6.45) is 4.73. The Balaban J connectivity index is 1.66. The maximum absolute atomic E-state index is 12.7. The molecule has 0 bridgehead atoms. The van der Waals surface area contributed by atoms with Crippen molar-refractivity contribution >= 4 is 17.5 Å². The Labute approximate surface area is 149 Å². The first-order chi connectivity index (χ1) is 12.1. The molecule has 2 amide bonds. The van der Waals surface area contributed by atoms with Gasteiger partial charge in [0, 0.05) is 23.7 Å². The van der Waals surface area contributed by atoms with Gasteiger partial charge in [-0.25, -0.2) is 0 Å². The molecule has 1 aromatic rings. The lowest BCUT2D eigenvalue weighted by Gasteiger charge is -2.33. The maximum atomic E-state index is 12.7. The van der Waals surface area contributed by atoms with Crippen LogP contribution in [0.4, 0.5) is 5.69 Å². The molecule has 1 aromatic carbocycles. The fraction of sp³-hybridized carbons (Fsp3) is 0.600. The number of rotatable bonds is 4. The highest BCUT2D eigenvalue weighted by Gasteiger charge is 2.27. The van der Waals surface area contributed by atoms with Crippen LogP contribution < -0.4 is 5.32 Å². The van der Waals surface area contributed by atoms with Crippen molar-refractivity contribution in [1.82, 2.24) is 4.90 Å². The molecule has 1 saturated heterocycles. The third-order valence-electron chi connectivity index (χ3n) is 5.53. The average Bonchev–Trinajstić information content (AvgIpc) is 3.15. The zero-order valence-corrected chi connectivity index (χ0v) is 15.2. The molecule has 1 heterocycles. The third kappa shape index (κ3) is 4.21. The monoisotopic (exact) mass is 344 g/mol. The molecule has 2 aliphatic rings. The average molecular weight is 344 g/mol. The van der Waals surface area contributed by atoms with Crippen LogP contribution in [0.1, 0.15) is 49.9 Å². The summed E-state index contributed by atoms with van der Waals surface area (Å²) in [6, 6.07) is 7.33. The molecule has 5 heteroatoms. The van der Waals surface area contributed by atoms with Crippen LogP contribution in [0, 0.1) is 11.8 Å². The van der Waals surface area contributed by atoms with Crippen LogP contribution in [-0.4, -0.2) is 42.5 Å². The van der Waals surface area contributed by atoms with Crippen LogP contribution in [-0.2, 0) is 9.53 Å². The number of carbonyl (C=O) groups is 2. The first-order valence-electron chi connectivity index (χ1n) is 9.36. The van der Waals surface area contributed by atoms with Crippen LogP contribution in [0.3, 0.4) is 0 Å². The highest BCUT2D eigenvalue weighted by atomic mass is 16.5. The minimum atomic E-state index is -0.00394. The first-order valence-corrected chi connectivity index (χ1v) is 9.36. The quantitative estimate of drug-likeness (QED) is 0.911. The molecule has 0 radical (unpaired) electrons. The second-order valence-electron chi connectivity index (χ2n) is 7.33. The smallest absolute Gasteiger partial charge is 0.254 e. The number of carbonyl (C=O) groups excluding carboxylic acids is 2. The zero-order valence-electron chi connectivity index (χ0n) is 15.2. The molecular weight excluding hydrogens is 316 g/mol. The number of hydrogen-bond donors (Lipinski definition) is 1. The Kier molecular flexibility index (Phi) is 5.74. The zero-order chi connectivity index (χ0) is 17.8. The molecule has 0 aromatic heterocycles. The van der Waals surface area contributed by atoms with Crippen LogP contribution in [0.25, 0.3) is 0 Å². The molecule has 2 unspecified atom stereocenters. The minimum Gasteiger partial charge on any atom is -0.377 e. The Bertz CT molecular complexity index is 625. The van der Waals surface area contributed by atoms with E-state index in [-0.39, 0.29) is 23.8 Å². The number of anilines is 1. The summed E-state index contributed by atoms with van der Waals surface area (Å²) in [5.41, 5.74) is 1.31. The highest BCUT2D eigenvalue weighted by molar-refractivity contribution is 5.97. The summed E-state index contributed by atoms with van der Waals surface area (Å²) in [5.74, 6) is 0.548. The van der Waals surface area contributed by atoms with Gasteiger partial charge in [-0.3, -0.25) is 9.59 Å². The summed E-state index contributed by atoms with van der Waals surface area (Å²) in [6.45, 7) is 5.75. The van der Waals surface area contributed by atoms with Crippen molar-refractivity contribution in [3.05, 3.63) is 29.8 Å². The van der Waals surface area contributed by atoms with Crippen molar-refractivity contribution in [2.75, 3.05) is 25.1 Å². The van der Waals surface area contributed by atoms with E-state index in [9.17, 15) is 9.59 Å². The van der Waals surface area contributed by atoms with E-state index in [0.717, 1.165) is 12.8 Å². The Hall–Kier alpha value is -1.88. The molecule has 2 atom stereocenters. The fourth-order valence-corrected chi connectivity index (χ4v) is 3.85. The lowest BCUT2D eigenvalue weighted by Crippen LogP contribution is -2.47.